The fourth-order valence-electron chi connectivity index (χ4n) is 1.60. The Balaban J connectivity index is 2.23. The summed E-state index contributed by atoms with van der Waals surface area (Å²) in [5.41, 5.74) is 0.593. The van der Waals surface area contributed by atoms with Crippen LogP contribution in [0.15, 0.2) is 30.5 Å². The van der Waals surface area contributed by atoms with Crippen molar-refractivity contribution in [2.45, 2.75) is 20.1 Å². The molecule has 6 heteroatoms. The van der Waals surface area contributed by atoms with Crippen LogP contribution in [0.4, 0.5) is 8.78 Å². The minimum atomic E-state index is -2.83. The Kier molecular flexibility index (Phi) is 4.81. The quantitative estimate of drug-likeness (QED) is 0.881. The Morgan fingerprint density at radius 1 is 1.37 bits per heavy atom. The second-order valence-corrected chi connectivity index (χ2v) is 4.90. The highest BCUT2D eigenvalue weighted by molar-refractivity contribution is 7.15. The number of nitrogens with zero attached hydrogens (tertiary/aromatic N) is 1. The van der Waals surface area contributed by atoms with Gasteiger partial charge in [-0.05, 0) is 18.7 Å². The van der Waals surface area contributed by atoms with Crippen LogP contribution in [0.3, 0.4) is 0 Å². The van der Waals surface area contributed by atoms with Crippen LogP contribution in [0.5, 0.6) is 5.75 Å². The molecule has 1 aromatic carbocycles. The highest BCUT2D eigenvalue weighted by atomic mass is 32.1. The lowest BCUT2D eigenvalue weighted by Crippen LogP contribution is -2.10. The van der Waals surface area contributed by atoms with Gasteiger partial charge in [-0.2, -0.15) is 8.78 Å². The molecule has 0 atom stereocenters. The molecule has 0 aliphatic rings. The van der Waals surface area contributed by atoms with E-state index < -0.39 is 6.61 Å². The Bertz CT molecular complexity index is 531. The van der Waals surface area contributed by atoms with Crippen LogP contribution in [0.2, 0.25) is 0 Å². The van der Waals surface area contributed by atoms with E-state index in [1.54, 1.807) is 24.4 Å². The van der Waals surface area contributed by atoms with E-state index in [9.17, 15) is 8.78 Å². The third-order valence-electron chi connectivity index (χ3n) is 2.44. The van der Waals surface area contributed by atoms with Gasteiger partial charge in [0.25, 0.3) is 0 Å². The van der Waals surface area contributed by atoms with Gasteiger partial charge in [0.15, 0.2) is 0 Å². The number of hydrogen-bond acceptors (Lipinski definition) is 4. The lowest BCUT2D eigenvalue weighted by atomic mass is 10.2. The number of benzene rings is 1. The van der Waals surface area contributed by atoms with Crippen LogP contribution in [0.1, 0.15) is 11.8 Å². The second-order valence-electron chi connectivity index (χ2n) is 3.79. The molecule has 1 aromatic heterocycles. The summed E-state index contributed by atoms with van der Waals surface area (Å²) in [5, 5.41) is 3.88. The van der Waals surface area contributed by atoms with Gasteiger partial charge in [-0.1, -0.05) is 19.1 Å². The molecule has 1 heterocycles. The Morgan fingerprint density at radius 3 is 2.89 bits per heavy atom. The van der Waals surface area contributed by atoms with Gasteiger partial charge in [-0.25, -0.2) is 4.98 Å². The predicted octanol–water partition coefficient (Wildman–Crippen LogP) is 3.52. The summed E-state index contributed by atoms with van der Waals surface area (Å²) in [4.78, 5) is 5.32. The molecule has 19 heavy (non-hydrogen) atoms. The lowest BCUT2D eigenvalue weighted by Gasteiger charge is -2.08. The van der Waals surface area contributed by atoms with Gasteiger partial charge in [0, 0.05) is 17.6 Å². The van der Waals surface area contributed by atoms with Crippen molar-refractivity contribution in [2.24, 2.45) is 0 Å². The minimum absolute atomic E-state index is 0.154. The summed E-state index contributed by atoms with van der Waals surface area (Å²) in [6.45, 7) is 0.792. The van der Waals surface area contributed by atoms with Gasteiger partial charge in [0.1, 0.15) is 10.8 Å². The lowest BCUT2D eigenvalue weighted by molar-refractivity contribution is -0.0494. The zero-order chi connectivity index (χ0) is 13.7. The van der Waals surface area contributed by atoms with Gasteiger partial charge >= 0.3 is 6.61 Å². The fraction of sp³-hybridized carbons (Fsp3) is 0.308. The summed E-state index contributed by atoms with van der Waals surface area (Å²) >= 11 is 1.47. The third-order valence-corrected chi connectivity index (χ3v) is 3.47. The van der Waals surface area contributed by atoms with Crippen molar-refractivity contribution in [2.75, 3.05) is 6.54 Å². The molecular formula is C13H14F2N2OS. The topological polar surface area (TPSA) is 34.2 Å². The summed E-state index contributed by atoms with van der Waals surface area (Å²) in [5.74, 6) is 0.154. The molecule has 0 saturated heterocycles. The van der Waals surface area contributed by atoms with Crippen LogP contribution in [0.25, 0.3) is 10.6 Å². The molecule has 0 saturated carbocycles. The second kappa shape index (κ2) is 6.58. The number of para-hydroxylation sites is 1. The van der Waals surface area contributed by atoms with Crippen molar-refractivity contribution in [1.29, 1.82) is 0 Å². The largest absolute Gasteiger partial charge is 0.434 e. The molecule has 2 aromatic rings. The van der Waals surface area contributed by atoms with E-state index >= 15 is 0 Å². The van der Waals surface area contributed by atoms with Gasteiger partial charge < -0.3 is 10.1 Å². The summed E-state index contributed by atoms with van der Waals surface area (Å²) in [6, 6.07) is 6.69. The monoisotopic (exact) mass is 284 g/mol. The number of hydrogen-bond donors (Lipinski definition) is 1. The molecular weight excluding hydrogens is 270 g/mol. The number of ether oxygens (including phenoxy) is 1. The van der Waals surface area contributed by atoms with Crippen molar-refractivity contribution in [3.63, 3.8) is 0 Å². The molecule has 0 unspecified atom stereocenters. The first kappa shape index (κ1) is 13.9. The maximum Gasteiger partial charge on any atom is 0.387 e. The SMILES string of the molecule is CCNCc1cnc(-c2ccccc2OC(F)F)s1. The van der Waals surface area contributed by atoms with E-state index in [2.05, 4.69) is 15.0 Å². The number of rotatable bonds is 6. The van der Waals surface area contributed by atoms with E-state index in [1.807, 2.05) is 6.92 Å². The molecule has 2 rings (SSSR count). The highest BCUT2D eigenvalue weighted by Crippen LogP contribution is 2.33. The molecule has 0 aliphatic carbocycles. The summed E-state index contributed by atoms with van der Waals surface area (Å²) in [6.07, 6.45) is 1.75. The van der Waals surface area contributed by atoms with Crippen LogP contribution < -0.4 is 10.1 Å². The molecule has 1 N–H and O–H groups in total. The first-order chi connectivity index (χ1) is 9.20. The molecule has 0 radical (unpaired) electrons. The highest BCUT2D eigenvalue weighted by Gasteiger charge is 2.13. The van der Waals surface area contributed by atoms with Gasteiger partial charge in [-0.15, -0.1) is 11.3 Å². The molecule has 0 amide bonds. The van der Waals surface area contributed by atoms with Crippen molar-refractivity contribution in [1.82, 2.24) is 10.3 Å². The van der Waals surface area contributed by atoms with Crippen molar-refractivity contribution >= 4 is 11.3 Å². The molecule has 0 bridgehead atoms. The summed E-state index contributed by atoms with van der Waals surface area (Å²) in [7, 11) is 0. The molecule has 3 nitrogen and oxygen atoms in total. The molecule has 102 valence electrons. The maximum absolute atomic E-state index is 12.3. The summed E-state index contributed by atoms with van der Waals surface area (Å²) < 4.78 is 29.2. The van der Waals surface area contributed by atoms with Crippen molar-refractivity contribution < 1.29 is 13.5 Å². The number of alkyl halides is 2. The predicted molar refractivity (Wildman–Crippen MR) is 71.6 cm³/mol. The standard InChI is InChI=1S/C13H14F2N2OS/c1-2-16-7-9-8-17-12(19-9)10-5-3-4-6-11(10)18-13(14)15/h3-6,8,13,16H,2,7H2,1H3. The average molecular weight is 284 g/mol. The fourth-order valence-corrected chi connectivity index (χ4v) is 2.52. The maximum atomic E-state index is 12.3. The normalized spacial score (nSPS) is 10.9. The first-order valence-electron chi connectivity index (χ1n) is 5.90. The van der Waals surface area contributed by atoms with E-state index in [4.69, 9.17) is 0 Å². The first-order valence-corrected chi connectivity index (χ1v) is 6.72. The van der Waals surface area contributed by atoms with E-state index in [-0.39, 0.29) is 5.75 Å². The van der Waals surface area contributed by atoms with Crippen LogP contribution in [-0.4, -0.2) is 18.1 Å². The zero-order valence-electron chi connectivity index (χ0n) is 10.4. The number of thiazole rings is 1. The van der Waals surface area contributed by atoms with Gasteiger partial charge in [-0.3, -0.25) is 0 Å². The molecule has 0 aliphatic heterocycles. The molecule has 0 spiro atoms. The average Bonchev–Trinajstić information content (AvgIpc) is 2.85. The Hall–Kier alpha value is -1.53. The van der Waals surface area contributed by atoms with Crippen molar-refractivity contribution in [3.05, 3.63) is 35.3 Å². The smallest absolute Gasteiger partial charge is 0.387 e. The van der Waals surface area contributed by atoms with Gasteiger partial charge in [0.05, 0.1) is 5.56 Å². The number of halogens is 2. The van der Waals surface area contributed by atoms with Crippen molar-refractivity contribution in [3.8, 4) is 16.3 Å². The van der Waals surface area contributed by atoms with Crippen LogP contribution in [0, 0.1) is 0 Å². The minimum Gasteiger partial charge on any atom is -0.434 e. The molecule has 0 fully saturated rings. The van der Waals surface area contributed by atoms with E-state index in [0.29, 0.717) is 10.6 Å². The third kappa shape index (κ3) is 3.71. The van der Waals surface area contributed by atoms with E-state index in [0.717, 1.165) is 18.0 Å². The Labute approximate surface area is 114 Å². The number of aromatic nitrogens is 1. The van der Waals surface area contributed by atoms with E-state index in [1.165, 1.54) is 17.4 Å². The van der Waals surface area contributed by atoms with Crippen LogP contribution >= 0.6 is 11.3 Å². The number of nitrogens with one attached hydrogen (secondary N) is 1. The van der Waals surface area contributed by atoms with Crippen LogP contribution in [-0.2, 0) is 6.54 Å². The Morgan fingerprint density at radius 2 is 2.16 bits per heavy atom. The van der Waals surface area contributed by atoms with Gasteiger partial charge in [0.2, 0.25) is 0 Å². The zero-order valence-corrected chi connectivity index (χ0v) is 11.2.